The lowest BCUT2D eigenvalue weighted by atomic mass is 10.1. The maximum Gasteiger partial charge on any atom is 0.150 e. The van der Waals surface area contributed by atoms with Crippen LogP contribution in [0.4, 0.5) is 0 Å². The molecule has 1 N–H and O–H groups in total. The van der Waals surface area contributed by atoms with E-state index in [9.17, 15) is 8.42 Å². The summed E-state index contributed by atoms with van der Waals surface area (Å²) in [4.78, 5) is 5.68. The summed E-state index contributed by atoms with van der Waals surface area (Å²) in [6.45, 7) is 2.14. The second-order valence-corrected chi connectivity index (χ2v) is 8.52. The third kappa shape index (κ3) is 3.76. The second kappa shape index (κ2) is 5.67. The van der Waals surface area contributed by atoms with Crippen molar-refractivity contribution in [3.05, 3.63) is 16.1 Å². The molecular weight excluding hydrogens is 268 g/mol. The maximum absolute atomic E-state index is 11.4. The molecule has 0 amide bonds. The highest BCUT2D eigenvalue weighted by molar-refractivity contribution is 7.91. The summed E-state index contributed by atoms with van der Waals surface area (Å²) < 4.78 is 22.8. The number of hydrogen-bond donors (Lipinski definition) is 1. The Balaban J connectivity index is 1.91. The Morgan fingerprint density at radius 2 is 2.39 bits per heavy atom. The number of nitrogens with zero attached hydrogens (tertiary/aromatic N) is 1. The van der Waals surface area contributed by atoms with Crippen molar-refractivity contribution in [2.75, 3.05) is 18.6 Å². The van der Waals surface area contributed by atoms with Gasteiger partial charge in [-0.05, 0) is 32.7 Å². The molecule has 2 heterocycles. The largest absolute Gasteiger partial charge is 0.317 e. The van der Waals surface area contributed by atoms with Crippen LogP contribution in [0.5, 0.6) is 0 Å². The van der Waals surface area contributed by atoms with Gasteiger partial charge in [-0.15, -0.1) is 11.3 Å². The molecule has 0 saturated carbocycles. The molecule has 18 heavy (non-hydrogen) atoms. The predicted molar refractivity (Wildman–Crippen MR) is 74.8 cm³/mol. The van der Waals surface area contributed by atoms with E-state index in [0.29, 0.717) is 17.5 Å². The summed E-state index contributed by atoms with van der Waals surface area (Å²) in [5.74, 6) is 0.970. The van der Waals surface area contributed by atoms with Gasteiger partial charge in [-0.2, -0.15) is 0 Å². The van der Waals surface area contributed by atoms with Gasteiger partial charge in [-0.3, -0.25) is 0 Å². The van der Waals surface area contributed by atoms with E-state index in [2.05, 4.69) is 17.2 Å². The van der Waals surface area contributed by atoms with Crippen LogP contribution in [0.2, 0.25) is 0 Å². The number of nitrogens with one attached hydrogen (secondary N) is 1. The molecule has 6 heteroatoms. The van der Waals surface area contributed by atoms with E-state index in [1.54, 1.807) is 11.3 Å². The van der Waals surface area contributed by atoms with Crippen molar-refractivity contribution in [1.82, 2.24) is 10.3 Å². The zero-order valence-corrected chi connectivity index (χ0v) is 12.5. The van der Waals surface area contributed by atoms with Crippen LogP contribution < -0.4 is 5.32 Å². The van der Waals surface area contributed by atoms with Crippen LogP contribution in [0.3, 0.4) is 0 Å². The Kier molecular flexibility index (Phi) is 4.40. The quantitative estimate of drug-likeness (QED) is 0.886. The lowest BCUT2D eigenvalue weighted by Crippen LogP contribution is -2.22. The number of rotatable bonds is 5. The minimum Gasteiger partial charge on any atom is -0.317 e. The average molecular weight is 288 g/mol. The van der Waals surface area contributed by atoms with Crippen LogP contribution in [0.25, 0.3) is 0 Å². The van der Waals surface area contributed by atoms with Crippen molar-refractivity contribution in [3.63, 3.8) is 0 Å². The van der Waals surface area contributed by atoms with Crippen molar-refractivity contribution >= 4 is 21.2 Å². The Hall–Kier alpha value is -0.460. The molecule has 1 fully saturated rings. The highest BCUT2D eigenvalue weighted by atomic mass is 32.2. The molecule has 1 aromatic heterocycles. The molecule has 1 aliphatic heterocycles. The molecule has 0 bridgehead atoms. The van der Waals surface area contributed by atoms with Gasteiger partial charge < -0.3 is 5.32 Å². The molecular formula is C12H20N2O2S2. The van der Waals surface area contributed by atoms with E-state index in [-0.39, 0.29) is 5.92 Å². The first-order valence-corrected chi connectivity index (χ1v) is 8.93. The van der Waals surface area contributed by atoms with Gasteiger partial charge in [-0.25, -0.2) is 13.4 Å². The predicted octanol–water partition coefficient (Wildman–Crippen LogP) is 1.27. The summed E-state index contributed by atoms with van der Waals surface area (Å²) in [5.41, 5.74) is 0. The van der Waals surface area contributed by atoms with E-state index in [1.165, 1.54) is 4.88 Å². The molecule has 2 rings (SSSR count). The SMILES string of the molecule is CNC(C)Cc1cnc(CC2CCS(=O)(=O)C2)s1. The molecule has 102 valence electrons. The van der Waals surface area contributed by atoms with E-state index in [0.717, 1.165) is 24.3 Å². The molecule has 1 aromatic rings. The number of hydrogen-bond acceptors (Lipinski definition) is 5. The molecule has 1 aliphatic rings. The minimum atomic E-state index is -2.76. The normalized spacial score (nSPS) is 24.2. The zero-order valence-electron chi connectivity index (χ0n) is 10.8. The first-order chi connectivity index (χ1) is 8.48. The zero-order chi connectivity index (χ0) is 13.2. The van der Waals surface area contributed by atoms with Gasteiger partial charge in [0.25, 0.3) is 0 Å². The lowest BCUT2D eigenvalue weighted by molar-refractivity contribution is 0.582. The molecule has 0 aliphatic carbocycles. The Morgan fingerprint density at radius 1 is 1.61 bits per heavy atom. The third-order valence-corrected chi connectivity index (χ3v) is 6.27. The summed E-state index contributed by atoms with van der Waals surface area (Å²) >= 11 is 1.72. The maximum atomic E-state index is 11.4. The average Bonchev–Trinajstić information content (AvgIpc) is 2.86. The molecule has 0 radical (unpaired) electrons. The fraction of sp³-hybridized carbons (Fsp3) is 0.750. The molecule has 2 atom stereocenters. The second-order valence-electron chi connectivity index (χ2n) is 5.09. The molecule has 4 nitrogen and oxygen atoms in total. The number of sulfone groups is 1. The number of likely N-dealkylation sites (N-methyl/N-ethyl adjacent to an activating group) is 1. The highest BCUT2D eigenvalue weighted by Crippen LogP contribution is 2.25. The van der Waals surface area contributed by atoms with Crippen LogP contribution in [0.1, 0.15) is 23.2 Å². The van der Waals surface area contributed by atoms with Crippen LogP contribution >= 0.6 is 11.3 Å². The summed E-state index contributed by atoms with van der Waals surface area (Å²) in [6, 6.07) is 0.449. The van der Waals surface area contributed by atoms with Crippen molar-refractivity contribution in [3.8, 4) is 0 Å². The van der Waals surface area contributed by atoms with Gasteiger partial charge in [-0.1, -0.05) is 0 Å². The highest BCUT2D eigenvalue weighted by Gasteiger charge is 2.28. The van der Waals surface area contributed by atoms with Crippen molar-refractivity contribution in [1.29, 1.82) is 0 Å². The van der Waals surface area contributed by atoms with Crippen LogP contribution in [-0.2, 0) is 22.7 Å². The Morgan fingerprint density at radius 3 is 3.00 bits per heavy atom. The van der Waals surface area contributed by atoms with Crippen LogP contribution in [0.15, 0.2) is 6.20 Å². The standard InChI is InChI=1S/C12H20N2O2S2/c1-9(13-2)5-11-7-14-12(17-11)6-10-3-4-18(15,16)8-10/h7,9-10,13H,3-6,8H2,1-2H3. The van der Waals surface area contributed by atoms with Crippen molar-refractivity contribution < 1.29 is 8.42 Å². The summed E-state index contributed by atoms with van der Waals surface area (Å²) in [5, 5.41) is 4.29. The molecule has 0 aromatic carbocycles. The number of aromatic nitrogens is 1. The molecule has 1 saturated heterocycles. The molecule has 0 spiro atoms. The lowest BCUT2D eigenvalue weighted by Gasteiger charge is -2.06. The Labute approximate surface area is 113 Å². The summed E-state index contributed by atoms with van der Waals surface area (Å²) in [7, 11) is -0.810. The third-order valence-electron chi connectivity index (χ3n) is 3.39. The first kappa shape index (κ1) is 14.0. The van der Waals surface area contributed by atoms with Crippen LogP contribution in [0, 0.1) is 5.92 Å². The fourth-order valence-corrected chi connectivity index (χ4v) is 5.25. The first-order valence-electron chi connectivity index (χ1n) is 6.30. The fourth-order valence-electron chi connectivity index (χ4n) is 2.22. The number of thiazole rings is 1. The van der Waals surface area contributed by atoms with Gasteiger partial charge in [0.2, 0.25) is 0 Å². The van der Waals surface area contributed by atoms with Gasteiger partial charge in [0.15, 0.2) is 9.84 Å². The van der Waals surface area contributed by atoms with E-state index in [4.69, 9.17) is 0 Å². The van der Waals surface area contributed by atoms with E-state index < -0.39 is 9.84 Å². The minimum absolute atomic E-state index is 0.274. The smallest absolute Gasteiger partial charge is 0.150 e. The van der Waals surface area contributed by atoms with Crippen molar-refractivity contribution in [2.24, 2.45) is 5.92 Å². The monoisotopic (exact) mass is 288 g/mol. The van der Waals surface area contributed by atoms with Crippen LogP contribution in [-0.4, -0.2) is 38.0 Å². The van der Waals surface area contributed by atoms with Gasteiger partial charge >= 0.3 is 0 Å². The Bertz CT molecular complexity index is 496. The topological polar surface area (TPSA) is 59.1 Å². The summed E-state index contributed by atoms with van der Waals surface area (Å²) in [6.07, 6.45) is 4.52. The van der Waals surface area contributed by atoms with E-state index in [1.807, 2.05) is 13.2 Å². The molecule has 2 unspecified atom stereocenters. The van der Waals surface area contributed by atoms with Gasteiger partial charge in [0, 0.05) is 23.5 Å². The van der Waals surface area contributed by atoms with Crippen molar-refractivity contribution in [2.45, 2.75) is 32.2 Å². The van der Waals surface area contributed by atoms with Gasteiger partial charge in [0.05, 0.1) is 16.5 Å². The van der Waals surface area contributed by atoms with E-state index >= 15 is 0 Å². The van der Waals surface area contributed by atoms with Gasteiger partial charge in [0.1, 0.15) is 0 Å².